The SMILES string of the molecule is CCOc1cc(C[NH2+]C)ccc1O[C@H](C)C(=O)NC. The number of nitrogens with two attached hydrogens (primary N) is 1. The minimum absolute atomic E-state index is 0.159. The number of likely N-dealkylation sites (N-methyl/N-ethyl adjacent to an activating group) is 1. The van der Waals surface area contributed by atoms with Crippen molar-refractivity contribution in [1.82, 2.24) is 5.32 Å². The smallest absolute Gasteiger partial charge is 0.260 e. The predicted molar refractivity (Wildman–Crippen MR) is 73.3 cm³/mol. The molecule has 0 aliphatic carbocycles. The summed E-state index contributed by atoms with van der Waals surface area (Å²) in [6.07, 6.45) is -0.548. The topological polar surface area (TPSA) is 64.2 Å². The minimum atomic E-state index is -0.548. The fourth-order valence-corrected chi connectivity index (χ4v) is 1.73. The van der Waals surface area contributed by atoms with E-state index in [2.05, 4.69) is 10.6 Å². The molecule has 0 spiro atoms. The molecule has 0 bridgehead atoms. The van der Waals surface area contributed by atoms with E-state index in [-0.39, 0.29) is 5.91 Å². The van der Waals surface area contributed by atoms with E-state index in [9.17, 15) is 4.79 Å². The number of carbonyl (C=O) groups is 1. The molecule has 0 aliphatic heterocycles. The molecule has 1 aromatic carbocycles. The normalized spacial score (nSPS) is 11.8. The minimum Gasteiger partial charge on any atom is -0.490 e. The molecule has 0 fully saturated rings. The fourth-order valence-electron chi connectivity index (χ4n) is 1.73. The third-order valence-electron chi connectivity index (χ3n) is 2.67. The molecule has 0 saturated carbocycles. The van der Waals surface area contributed by atoms with Crippen LogP contribution in [-0.2, 0) is 11.3 Å². The van der Waals surface area contributed by atoms with Crippen molar-refractivity contribution in [3.63, 3.8) is 0 Å². The van der Waals surface area contributed by atoms with Crippen LogP contribution in [0.4, 0.5) is 0 Å². The summed E-state index contributed by atoms with van der Waals surface area (Å²) in [6, 6.07) is 5.78. The van der Waals surface area contributed by atoms with Gasteiger partial charge in [0.1, 0.15) is 6.54 Å². The zero-order valence-corrected chi connectivity index (χ0v) is 12.0. The van der Waals surface area contributed by atoms with Crippen LogP contribution >= 0.6 is 0 Å². The molecule has 0 saturated heterocycles. The maximum Gasteiger partial charge on any atom is 0.260 e. The molecule has 5 heteroatoms. The number of ether oxygens (including phenoxy) is 2. The van der Waals surface area contributed by atoms with Crippen molar-refractivity contribution in [3.8, 4) is 11.5 Å². The van der Waals surface area contributed by atoms with E-state index >= 15 is 0 Å². The summed E-state index contributed by atoms with van der Waals surface area (Å²) in [4.78, 5) is 11.5. The maximum absolute atomic E-state index is 11.5. The van der Waals surface area contributed by atoms with Gasteiger partial charge < -0.3 is 20.1 Å². The lowest BCUT2D eigenvalue weighted by Crippen LogP contribution is -2.77. The van der Waals surface area contributed by atoms with E-state index in [0.717, 1.165) is 12.1 Å². The molecule has 0 unspecified atom stereocenters. The van der Waals surface area contributed by atoms with Crippen LogP contribution in [0.5, 0.6) is 11.5 Å². The van der Waals surface area contributed by atoms with Gasteiger partial charge in [0.15, 0.2) is 17.6 Å². The highest BCUT2D eigenvalue weighted by Crippen LogP contribution is 2.29. The van der Waals surface area contributed by atoms with E-state index < -0.39 is 6.10 Å². The quantitative estimate of drug-likeness (QED) is 0.746. The first-order valence-corrected chi connectivity index (χ1v) is 6.54. The zero-order chi connectivity index (χ0) is 14.3. The first kappa shape index (κ1) is 15.3. The Kier molecular flexibility index (Phi) is 6.15. The molecular formula is C14H23N2O3+. The lowest BCUT2D eigenvalue weighted by atomic mass is 10.2. The first-order chi connectivity index (χ1) is 9.12. The highest BCUT2D eigenvalue weighted by Gasteiger charge is 2.16. The van der Waals surface area contributed by atoms with E-state index in [1.54, 1.807) is 14.0 Å². The standard InChI is InChI=1S/C14H22N2O3/c1-5-18-13-8-11(9-15-3)6-7-12(13)19-10(2)14(17)16-4/h6-8,10,15H,5,9H2,1-4H3,(H,16,17)/p+1/t10-/m1/s1. The Bertz CT molecular complexity index is 421. The van der Waals surface area contributed by atoms with Gasteiger partial charge >= 0.3 is 0 Å². The predicted octanol–water partition coefficient (Wildman–Crippen LogP) is 0.292. The molecule has 0 radical (unpaired) electrons. The molecule has 1 rings (SSSR count). The number of hydrogen-bond donors (Lipinski definition) is 2. The van der Waals surface area contributed by atoms with E-state index in [4.69, 9.17) is 9.47 Å². The van der Waals surface area contributed by atoms with Gasteiger partial charge in [-0.25, -0.2) is 0 Å². The van der Waals surface area contributed by atoms with Crippen LogP contribution in [0.25, 0.3) is 0 Å². The van der Waals surface area contributed by atoms with Crippen molar-refractivity contribution in [2.24, 2.45) is 0 Å². The molecule has 19 heavy (non-hydrogen) atoms. The molecule has 0 aromatic heterocycles. The molecule has 0 aliphatic rings. The van der Waals surface area contributed by atoms with Crippen LogP contribution < -0.4 is 20.1 Å². The van der Waals surface area contributed by atoms with Gasteiger partial charge in [-0.15, -0.1) is 0 Å². The third kappa shape index (κ3) is 4.44. The summed E-state index contributed by atoms with van der Waals surface area (Å²) in [6.45, 7) is 5.07. The van der Waals surface area contributed by atoms with Gasteiger partial charge in [0.2, 0.25) is 0 Å². The van der Waals surface area contributed by atoms with Crippen molar-refractivity contribution in [2.75, 3.05) is 20.7 Å². The van der Waals surface area contributed by atoms with Crippen molar-refractivity contribution in [2.45, 2.75) is 26.5 Å². The van der Waals surface area contributed by atoms with Crippen molar-refractivity contribution in [1.29, 1.82) is 0 Å². The van der Waals surface area contributed by atoms with Crippen LogP contribution in [0.3, 0.4) is 0 Å². The van der Waals surface area contributed by atoms with E-state index in [0.29, 0.717) is 18.1 Å². The number of hydrogen-bond acceptors (Lipinski definition) is 3. The Hall–Kier alpha value is -1.75. The van der Waals surface area contributed by atoms with Gasteiger partial charge in [0.05, 0.1) is 13.7 Å². The number of amides is 1. The van der Waals surface area contributed by atoms with Crippen LogP contribution in [0.1, 0.15) is 19.4 Å². The van der Waals surface area contributed by atoms with Crippen LogP contribution in [0, 0.1) is 0 Å². The molecule has 3 N–H and O–H groups in total. The second-order valence-corrected chi connectivity index (χ2v) is 4.20. The average molecular weight is 267 g/mol. The molecule has 1 aromatic rings. The monoisotopic (exact) mass is 267 g/mol. The molecule has 5 nitrogen and oxygen atoms in total. The lowest BCUT2D eigenvalue weighted by Gasteiger charge is -2.17. The lowest BCUT2D eigenvalue weighted by molar-refractivity contribution is -0.643. The summed E-state index contributed by atoms with van der Waals surface area (Å²) in [5.74, 6) is 1.11. The summed E-state index contributed by atoms with van der Waals surface area (Å²) >= 11 is 0. The van der Waals surface area contributed by atoms with Crippen LogP contribution in [0.15, 0.2) is 18.2 Å². The second kappa shape index (κ2) is 7.63. The third-order valence-corrected chi connectivity index (χ3v) is 2.67. The summed E-state index contributed by atoms with van der Waals surface area (Å²) < 4.78 is 11.2. The first-order valence-electron chi connectivity index (χ1n) is 6.54. The van der Waals surface area contributed by atoms with Crippen molar-refractivity contribution < 1.29 is 19.6 Å². The highest BCUT2D eigenvalue weighted by molar-refractivity contribution is 5.80. The number of benzene rings is 1. The van der Waals surface area contributed by atoms with Gasteiger partial charge in [0, 0.05) is 12.6 Å². The van der Waals surface area contributed by atoms with Crippen molar-refractivity contribution >= 4 is 5.91 Å². The van der Waals surface area contributed by atoms with Gasteiger partial charge in [-0.05, 0) is 32.0 Å². The maximum atomic E-state index is 11.5. The van der Waals surface area contributed by atoms with Gasteiger partial charge in [-0.1, -0.05) is 0 Å². The summed E-state index contributed by atoms with van der Waals surface area (Å²) in [5, 5.41) is 4.64. The number of carbonyl (C=O) groups excluding carboxylic acids is 1. The molecule has 106 valence electrons. The molecular weight excluding hydrogens is 244 g/mol. The van der Waals surface area contributed by atoms with Gasteiger partial charge in [-0.2, -0.15) is 0 Å². The molecule has 1 atom stereocenters. The van der Waals surface area contributed by atoms with Crippen molar-refractivity contribution in [3.05, 3.63) is 23.8 Å². The highest BCUT2D eigenvalue weighted by atomic mass is 16.5. The van der Waals surface area contributed by atoms with Crippen LogP contribution in [0.2, 0.25) is 0 Å². The molecule has 0 heterocycles. The average Bonchev–Trinajstić information content (AvgIpc) is 2.41. The van der Waals surface area contributed by atoms with Crippen LogP contribution in [-0.4, -0.2) is 32.7 Å². The zero-order valence-electron chi connectivity index (χ0n) is 12.0. The van der Waals surface area contributed by atoms with E-state index in [1.807, 2.05) is 32.2 Å². The second-order valence-electron chi connectivity index (χ2n) is 4.20. The fraction of sp³-hybridized carbons (Fsp3) is 0.500. The van der Waals surface area contributed by atoms with Gasteiger partial charge in [-0.3, -0.25) is 4.79 Å². The summed E-state index contributed by atoms with van der Waals surface area (Å²) in [7, 11) is 3.60. The summed E-state index contributed by atoms with van der Waals surface area (Å²) in [5.41, 5.74) is 1.16. The Morgan fingerprint density at radius 3 is 2.74 bits per heavy atom. The Morgan fingerprint density at radius 1 is 1.42 bits per heavy atom. The largest absolute Gasteiger partial charge is 0.490 e. The number of quaternary nitrogens is 1. The number of nitrogens with one attached hydrogen (secondary N) is 1. The molecule has 1 amide bonds. The Balaban J connectivity index is 2.89. The number of rotatable bonds is 7. The van der Waals surface area contributed by atoms with Gasteiger partial charge in [0.25, 0.3) is 5.91 Å². The Morgan fingerprint density at radius 2 is 2.16 bits per heavy atom. The van der Waals surface area contributed by atoms with E-state index in [1.165, 1.54) is 0 Å². The Labute approximate surface area is 114 Å².